The molecule has 14 heavy (non-hydrogen) atoms. The number of hydrogen-bond donors (Lipinski definition) is 1. The van der Waals surface area contributed by atoms with Crippen LogP contribution in [0.5, 0.6) is 0 Å². The highest BCUT2D eigenvalue weighted by Crippen LogP contribution is 2.18. The fraction of sp³-hybridized carbons (Fsp3) is 0.250. The first kappa shape index (κ1) is 10.3. The Hall–Kier alpha value is -1.75. The van der Waals surface area contributed by atoms with Crippen LogP contribution in [0.4, 0.5) is 0 Å². The zero-order valence-electron chi connectivity index (χ0n) is 8.03. The minimum atomic E-state index is -0.779. The molecule has 1 aromatic rings. The van der Waals surface area contributed by atoms with Gasteiger partial charge in [-0.05, 0) is 23.6 Å². The first-order chi connectivity index (χ1) is 6.63. The van der Waals surface area contributed by atoms with E-state index in [-0.39, 0.29) is 12.3 Å². The van der Waals surface area contributed by atoms with Gasteiger partial charge < -0.3 is 5.11 Å². The molecule has 0 aliphatic rings. The molecule has 2 nitrogen and oxygen atoms in total. The van der Waals surface area contributed by atoms with Crippen molar-refractivity contribution in [2.24, 2.45) is 0 Å². The standard InChI is InChI=1S/C12H12O2/c1-3-10-4-6-11(7-5-10)9(2)8-12(13)14/h1,4-7,9H,8H2,2H3,(H,13,14). The van der Waals surface area contributed by atoms with Gasteiger partial charge in [-0.25, -0.2) is 0 Å². The van der Waals surface area contributed by atoms with Crippen LogP contribution in [0.15, 0.2) is 24.3 Å². The lowest BCUT2D eigenvalue weighted by atomic mass is 9.97. The molecule has 1 N–H and O–H groups in total. The van der Waals surface area contributed by atoms with E-state index in [9.17, 15) is 4.79 Å². The normalized spacial score (nSPS) is 11.7. The van der Waals surface area contributed by atoms with Crippen molar-refractivity contribution < 1.29 is 9.90 Å². The van der Waals surface area contributed by atoms with Crippen LogP contribution >= 0.6 is 0 Å². The predicted octanol–water partition coefficient (Wildman–Crippen LogP) is 2.25. The van der Waals surface area contributed by atoms with E-state index in [1.54, 1.807) is 0 Å². The van der Waals surface area contributed by atoms with Crippen LogP contribution in [0.3, 0.4) is 0 Å². The average Bonchev–Trinajstić information content (AvgIpc) is 2.17. The van der Waals surface area contributed by atoms with Crippen LogP contribution in [0.25, 0.3) is 0 Å². The molecule has 0 amide bonds. The first-order valence-corrected chi connectivity index (χ1v) is 4.42. The summed E-state index contributed by atoms with van der Waals surface area (Å²) in [5, 5.41) is 8.61. The van der Waals surface area contributed by atoms with Gasteiger partial charge in [-0.15, -0.1) is 6.42 Å². The van der Waals surface area contributed by atoms with E-state index >= 15 is 0 Å². The molecule has 0 heterocycles. The Labute approximate surface area is 83.6 Å². The van der Waals surface area contributed by atoms with Crippen LogP contribution in [0, 0.1) is 12.3 Å². The summed E-state index contributed by atoms with van der Waals surface area (Å²) >= 11 is 0. The second-order valence-corrected chi connectivity index (χ2v) is 3.27. The molecule has 1 atom stereocenters. The molecule has 0 aliphatic carbocycles. The molecule has 2 heteroatoms. The summed E-state index contributed by atoms with van der Waals surface area (Å²) in [6.45, 7) is 1.89. The van der Waals surface area contributed by atoms with Gasteiger partial charge in [-0.3, -0.25) is 4.79 Å². The van der Waals surface area contributed by atoms with Crippen molar-refractivity contribution in [1.82, 2.24) is 0 Å². The molecule has 0 aromatic heterocycles. The molecule has 0 saturated carbocycles. The summed E-state index contributed by atoms with van der Waals surface area (Å²) in [5.41, 5.74) is 1.82. The van der Waals surface area contributed by atoms with Gasteiger partial charge in [0.15, 0.2) is 0 Å². The fourth-order valence-corrected chi connectivity index (χ4v) is 1.29. The quantitative estimate of drug-likeness (QED) is 0.738. The molecule has 1 rings (SSSR count). The summed E-state index contributed by atoms with van der Waals surface area (Å²) in [4.78, 5) is 10.5. The summed E-state index contributed by atoms with van der Waals surface area (Å²) < 4.78 is 0. The van der Waals surface area contributed by atoms with Gasteiger partial charge >= 0.3 is 5.97 Å². The summed E-state index contributed by atoms with van der Waals surface area (Å²) in [6, 6.07) is 7.41. The maximum Gasteiger partial charge on any atom is 0.303 e. The predicted molar refractivity (Wildman–Crippen MR) is 55.0 cm³/mol. The molecule has 1 aromatic carbocycles. The fourth-order valence-electron chi connectivity index (χ4n) is 1.29. The SMILES string of the molecule is C#Cc1ccc(C(C)CC(=O)O)cc1. The number of carboxylic acids is 1. The Kier molecular flexibility index (Phi) is 3.30. The van der Waals surface area contributed by atoms with Crippen molar-refractivity contribution in [3.63, 3.8) is 0 Å². The van der Waals surface area contributed by atoms with Crippen molar-refractivity contribution in [1.29, 1.82) is 0 Å². The third-order valence-corrected chi connectivity index (χ3v) is 2.13. The van der Waals surface area contributed by atoms with Crippen molar-refractivity contribution in [2.75, 3.05) is 0 Å². The maximum atomic E-state index is 10.5. The number of aliphatic carboxylic acids is 1. The van der Waals surface area contributed by atoms with Crippen molar-refractivity contribution in [3.05, 3.63) is 35.4 Å². The Morgan fingerprint density at radius 3 is 2.50 bits per heavy atom. The third kappa shape index (κ3) is 2.63. The Balaban J connectivity index is 2.77. The molecule has 0 fully saturated rings. The molecular weight excluding hydrogens is 176 g/mol. The molecule has 1 unspecified atom stereocenters. The lowest BCUT2D eigenvalue weighted by molar-refractivity contribution is -0.137. The molecule has 72 valence electrons. The third-order valence-electron chi connectivity index (χ3n) is 2.13. The Morgan fingerprint density at radius 2 is 2.07 bits per heavy atom. The number of benzene rings is 1. The van der Waals surface area contributed by atoms with E-state index < -0.39 is 5.97 Å². The zero-order valence-corrected chi connectivity index (χ0v) is 8.03. The Bertz CT molecular complexity index is 357. The maximum absolute atomic E-state index is 10.5. The van der Waals surface area contributed by atoms with E-state index in [0.717, 1.165) is 11.1 Å². The van der Waals surface area contributed by atoms with E-state index in [2.05, 4.69) is 5.92 Å². The highest BCUT2D eigenvalue weighted by molar-refractivity contribution is 5.67. The molecular formula is C12H12O2. The van der Waals surface area contributed by atoms with Gasteiger partial charge in [0.25, 0.3) is 0 Å². The minimum absolute atomic E-state index is 0.0272. The van der Waals surface area contributed by atoms with Gasteiger partial charge in [0.1, 0.15) is 0 Å². The topological polar surface area (TPSA) is 37.3 Å². The van der Waals surface area contributed by atoms with Crippen molar-refractivity contribution in [3.8, 4) is 12.3 Å². The van der Waals surface area contributed by atoms with Gasteiger partial charge in [0.2, 0.25) is 0 Å². The molecule has 0 saturated heterocycles. The van der Waals surface area contributed by atoms with Crippen LogP contribution in [-0.2, 0) is 4.79 Å². The largest absolute Gasteiger partial charge is 0.481 e. The van der Waals surface area contributed by atoms with Crippen LogP contribution in [0.2, 0.25) is 0 Å². The lowest BCUT2D eigenvalue weighted by Crippen LogP contribution is -2.02. The second kappa shape index (κ2) is 4.48. The number of carboxylic acid groups (broad SMARTS) is 1. The first-order valence-electron chi connectivity index (χ1n) is 4.42. The van der Waals surface area contributed by atoms with Crippen LogP contribution in [-0.4, -0.2) is 11.1 Å². The lowest BCUT2D eigenvalue weighted by Gasteiger charge is -2.08. The van der Waals surface area contributed by atoms with E-state index in [4.69, 9.17) is 11.5 Å². The van der Waals surface area contributed by atoms with E-state index in [0.29, 0.717) is 0 Å². The van der Waals surface area contributed by atoms with E-state index in [1.165, 1.54) is 0 Å². The Morgan fingerprint density at radius 1 is 1.50 bits per heavy atom. The summed E-state index contributed by atoms with van der Waals surface area (Å²) in [7, 11) is 0. The monoisotopic (exact) mass is 188 g/mol. The van der Waals surface area contributed by atoms with Gasteiger partial charge in [0, 0.05) is 5.56 Å². The molecule has 0 aliphatic heterocycles. The number of carbonyl (C=O) groups is 1. The van der Waals surface area contributed by atoms with Crippen LogP contribution in [0.1, 0.15) is 30.4 Å². The van der Waals surface area contributed by atoms with Crippen molar-refractivity contribution >= 4 is 5.97 Å². The number of rotatable bonds is 3. The minimum Gasteiger partial charge on any atom is -0.481 e. The number of terminal acetylenes is 1. The van der Waals surface area contributed by atoms with Gasteiger partial charge in [-0.1, -0.05) is 25.0 Å². The average molecular weight is 188 g/mol. The zero-order chi connectivity index (χ0) is 10.6. The number of hydrogen-bond acceptors (Lipinski definition) is 1. The molecule has 0 radical (unpaired) electrons. The van der Waals surface area contributed by atoms with Crippen molar-refractivity contribution in [2.45, 2.75) is 19.3 Å². The molecule has 0 spiro atoms. The summed E-state index contributed by atoms with van der Waals surface area (Å²) in [6.07, 6.45) is 5.36. The van der Waals surface area contributed by atoms with E-state index in [1.807, 2.05) is 31.2 Å². The second-order valence-electron chi connectivity index (χ2n) is 3.27. The highest BCUT2D eigenvalue weighted by Gasteiger charge is 2.09. The highest BCUT2D eigenvalue weighted by atomic mass is 16.4. The van der Waals surface area contributed by atoms with Gasteiger partial charge in [0.05, 0.1) is 6.42 Å². The van der Waals surface area contributed by atoms with Gasteiger partial charge in [-0.2, -0.15) is 0 Å². The molecule has 0 bridgehead atoms. The van der Waals surface area contributed by atoms with Crippen LogP contribution < -0.4 is 0 Å². The smallest absolute Gasteiger partial charge is 0.303 e. The summed E-state index contributed by atoms with van der Waals surface area (Å²) in [5.74, 6) is 1.77.